The number of unbranched alkanes of at least 4 members (excludes halogenated alkanes) is 4. The molecule has 0 spiro atoms. The van der Waals surface area contributed by atoms with E-state index < -0.39 is 0 Å². The molecule has 0 bridgehead atoms. The normalized spacial score (nSPS) is 25.8. The Morgan fingerprint density at radius 2 is 1.21 bits per heavy atom. The summed E-state index contributed by atoms with van der Waals surface area (Å²) in [5.74, 6) is 4.20. The predicted molar refractivity (Wildman–Crippen MR) is 141 cm³/mol. The average Bonchev–Trinajstić information content (AvgIpc) is 2.89. The first kappa shape index (κ1) is 24.4. The average molecular weight is 447 g/mol. The Kier molecular flexibility index (Phi) is 9.38. The largest absolute Gasteiger partial charge is 0.236 e. The second-order valence-electron chi connectivity index (χ2n) is 11.0. The molecule has 1 heterocycles. The molecule has 0 atom stereocenters. The number of rotatable bonds is 10. The van der Waals surface area contributed by atoms with Gasteiger partial charge in [0.15, 0.2) is 5.82 Å². The van der Waals surface area contributed by atoms with E-state index in [1.165, 1.54) is 107 Å². The highest BCUT2D eigenvalue weighted by Gasteiger charge is 2.23. The molecule has 0 unspecified atom stereocenters. The summed E-state index contributed by atoms with van der Waals surface area (Å²) in [7, 11) is 0. The molecular weight excluding hydrogens is 400 g/mol. The lowest BCUT2D eigenvalue weighted by atomic mass is 9.77. The van der Waals surface area contributed by atoms with Gasteiger partial charge in [0.2, 0.25) is 0 Å². The molecule has 1 aromatic carbocycles. The van der Waals surface area contributed by atoms with Crippen LogP contribution in [0.2, 0.25) is 0 Å². The van der Waals surface area contributed by atoms with Crippen LogP contribution in [0.15, 0.2) is 36.7 Å². The Morgan fingerprint density at radius 3 is 1.82 bits per heavy atom. The molecule has 0 N–H and O–H groups in total. The van der Waals surface area contributed by atoms with Gasteiger partial charge in [0, 0.05) is 18.0 Å². The van der Waals surface area contributed by atoms with Crippen LogP contribution in [0.1, 0.15) is 133 Å². The molecule has 2 aliphatic rings. The van der Waals surface area contributed by atoms with E-state index in [9.17, 15) is 0 Å². The van der Waals surface area contributed by atoms with E-state index in [-0.39, 0.29) is 0 Å². The Labute approximate surface area is 203 Å². The van der Waals surface area contributed by atoms with Crippen LogP contribution >= 0.6 is 0 Å². The molecule has 0 radical (unpaired) electrons. The lowest BCUT2D eigenvalue weighted by Crippen LogP contribution is -2.13. The molecule has 4 rings (SSSR count). The SMILES string of the molecule is CCCCCCC[C@H]1CC[C@H](c2ccc(-c3ncc([C@H]4CC[C@H](CC)CC4)cn3)cc2)CC1. The summed E-state index contributed by atoms with van der Waals surface area (Å²) in [5.41, 5.74) is 4.01. The van der Waals surface area contributed by atoms with E-state index in [1.807, 2.05) is 0 Å². The minimum absolute atomic E-state index is 0.663. The number of hydrogen-bond acceptors (Lipinski definition) is 2. The minimum Gasteiger partial charge on any atom is -0.236 e. The van der Waals surface area contributed by atoms with Crippen molar-refractivity contribution < 1.29 is 0 Å². The van der Waals surface area contributed by atoms with Crippen LogP contribution in [0.5, 0.6) is 0 Å². The zero-order valence-electron chi connectivity index (χ0n) is 21.3. The van der Waals surface area contributed by atoms with Crippen LogP contribution < -0.4 is 0 Å². The van der Waals surface area contributed by atoms with E-state index in [4.69, 9.17) is 9.97 Å². The molecule has 180 valence electrons. The summed E-state index contributed by atoms with van der Waals surface area (Å²) in [6.45, 7) is 4.63. The maximum atomic E-state index is 4.75. The van der Waals surface area contributed by atoms with Crippen molar-refractivity contribution in [2.75, 3.05) is 0 Å². The lowest BCUT2D eigenvalue weighted by Gasteiger charge is -2.29. The van der Waals surface area contributed by atoms with Crippen molar-refractivity contribution >= 4 is 0 Å². The van der Waals surface area contributed by atoms with Gasteiger partial charge in [0.25, 0.3) is 0 Å². The maximum Gasteiger partial charge on any atom is 0.159 e. The first-order chi connectivity index (χ1) is 16.3. The van der Waals surface area contributed by atoms with E-state index in [0.717, 1.165) is 29.1 Å². The molecule has 2 aliphatic carbocycles. The molecule has 33 heavy (non-hydrogen) atoms. The number of benzene rings is 1. The first-order valence-electron chi connectivity index (χ1n) is 14.2. The summed E-state index contributed by atoms with van der Waals surface area (Å²) < 4.78 is 0. The molecule has 2 nitrogen and oxygen atoms in total. The third kappa shape index (κ3) is 6.90. The molecule has 0 aliphatic heterocycles. The second-order valence-corrected chi connectivity index (χ2v) is 11.0. The predicted octanol–water partition coefficient (Wildman–Crippen LogP) is 9.46. The fourth-order valence-corrected chi connectivity index (χ4v) is 6.33. The van der Waals surface area contributed by atoms with Gasteiger partial charge in [-0.2, -0.15) is 0 Å². The zero-order chi connectivity index (χ0) is 22.9. The molecule has 1 aromatic heterocycles. The molecule has 2 fully saturated rings. The van der Waals surface area contributed by atoms with E-state index in [1.54, 1.807) is 0 Å². The Bertz CT molecular complexity index is 794. The standard InChI is InChI=1S/C31H46N2/c1-3-5-6-7-8-9-25-12-16-26(17-13-25)27-18-20-29(21-19-27)31-32-22-30(23-33-31)28-14-10-24(4-2)11-15-28/h18-26,28H,3-17H2,1-2H3/t24-,25-,26-,28-. The van der Waals surface area contributed by atoms with Gasteiger partial charge in [-0.1, -0.05) is 83.1 Å². The van der Waals surface area contributed by atoms with Gasteiger partial charge in [0.1, 0.15) is 0 Å². The highest BCUT2D eigenvalue weighted by atomic mass is 14.9. The fraction of sp³-hybridized carbons (Fsp3) is 0.677. The fourth-order valence-electron chi connectivity index (χ4n) is 6.33. The molecule has 0 amide bonds. The first-order valence-corrected chi connectivity index (χ1v) is 14.2. The van der Waals surface area contributed by atoms with Gasteiger partial charge >= 0.3 is 0 Å². The molecular formula is C31H46N2. The van der Waals surface area contributed by atoms with Crippen LogP contribution in [-0.4, -0.2) is 9.97 Å². The van der Waals surface area contributed by atoms with Crippen LogP contribution in [0.3, 0.4) is 0 Å². The van der Waals surface area contributed by atoms with Crippen molar-refractivity contribution in [3.8, 4) is 11.4 Å². The summed E-state index contributed by atoms with van der Waals surface area (Å²) in [6, 6.07) is 9.18. The van der Waals surface area contributed by atoms with Gasteiger partial charge < -0.3 is 0 Å². The molecule has 2 heteroatoms. The van der Waals surface area contributed by atoms with Crippen molar-refractivity contribution in [2.24, 2.45) is 11.8 Å². The van der Waals surface area contributed by atoms with Crippen molar-refractivity contribution in [3.05, 3.63) is 47.8 Å². The van der Waals surface area contributed by atoms with Crippen LogP contribution in [-0.2, 0) is 0 Å². The summed E-state index contributed by atoms with van der Waals surface area (Å²) in [4.78, 5) is 9.50. The zero-order valence-corrected chi connectivity index (χ0v) is 21.3. The highest BCUT2D eigenvalue weighted by Crippen LogP contribution is 2.39. The van der Waals surface area contributed by atoms with E-state index in [2.05, 4.69) is 50.5 Å². The third-order valence-corrected chi connectivity index (χ3v) is 8.77. The molecule has 0 saturated heterocycles. The molecule has 2 saturated carbocycles. The lowest BCUT2D eigenvalue weighted by molar-refractivity contribution is 0.302. The smallest absolute Gasteiger partial charge is 0.159 e. The summed E-state index contributed by atoms with van der Waals surface area (Å²) >= 11 is 0. The maximum absolute atomic E-state index is 4.75. The third-order valence-electron chi connectivity index (χ3n) is 8.77. The summed E-state index contributed by atoms with van der Waals surface area (Å²) in [5, 5.41) is 0. The van der Waals surface area contributed by atoms with Crippen LogP contribution in [0.4, 0.5) is 0 Å². The van der Waals surface area contributed by atoms with Gasteiger partial charge in [-0.05, 0) is 86.2 Å². The van der Waals surface area contributed by atoms with E-state index in [0.29, 0.717) is 5.92 Å². The van der Waals surface area contributed by atoms with Gasteiger partial charge in [-0.3, -0.25) is 0 Å². The highest BCUT2D eigenvalue weighted by molar-refractivity contribution is 5.55. The molecule has 2 aromatic rings. The Balaban J connectivity index is 1.25. The summed E-state index contributed by atoms with van der Waals surface area (Å²) in [6.07, 6.45) is 25.0. The van der Waals surface area contributed by atoms with Crippen LogP contribution in [0, 0.1) is 11.8 Å². The topological polar surface area (TPSA) is 25.8 Å². The number of hydrogen-bond donors (Lipinski definition) is 0. The minimum atomic E-state index is 0.663. The van der Waals surface area contributed by atoms with Crippen molar-refractivity contribution in [3.63, 3.8) is 0 Å². The van der Waals surface area contributed by atoms with Gasteiger partial charge in [-0.25, -0.2) is 9.97 Å². The second kappa shape index (κ2) is 12.7. The van der Waals surface area contributed by atoms with Gasteiger partial charge in [-0.15, -0.1) is 0 Å². The van der Waals surface area contributed by atoms with Crippen molar-refractivity contribution in [1.29, 1.82) is 0 Å². The van der Waals surface area contributed by atoms with E-state index >= 15 is 0 Å². The van der Waals surface area contributed by atoms with Crippen molar-refractivity contribution in [1.82, 2.24) is 9.97 Å². The Hall–Kier alpha value is -1.70. The quantitative estimate of drug-likeness (QED) is 0.340. The van der Waals surface area contributed by atoms with Crippen molar-refractivity contribution in [2.45, 2.75) is 122 Å². The number of nitrogens with zero attached hydrogens (tertiary/aromatic N) is 2. The monoisotopic (exact) mass is 446 g/mol. The van der Waals surface area contributed by atoms with Gasteiger partial charge in [0.05, 0.1) is 0 Å². The Morgan fingerprint density at radius 1 is 0.636 bits per heavy atom. The number of aromatic nitrogens is 2. The van der Waals surface area contributed by atoms with Crippen LogP contribution in [0.25, 0.3) is 11.4 Å².